The number of halogens is 1. The quantitative estimate of drug-likeness (QED) is 0.570. The lowest BCUT2D eigenvalue weighted by Crippen LogP contribution is -2.40. The number of sulfonamides is 1. The molecule has 0 unspecified atom stereocenters. The first-order valence-corrected chi connectivity index (χ1v) is 12.3. The summed E-state index contributed by atoms with van der Waals surface area (Å²) in [6, 6.07) is 14.8. The summed E-state index contributed by atoms with van der Waals surface area (Å²) in [5.74, 6) is 1.53. The Balaban J connectivity index is 1.74. The molecule has 0 fully saturated rings. The Bertz CT molecular complexity index is 869. The lowest BCUT2D eigenvalue weighted by atomic mass is 10.2. The second-order valence-electron chi connectivity index (χ2n) is 6.49. The highest BCUT2D eigenvalue weighted by Gasteiger charge is 2.20. The predicted molar refractivity (Wildman–Crippen MR) is 119 cm³/mol. The maximum absolute atomic E-state index is 12.2. The average molecular weight is 441 g/mol. The van der Waals surface area contributed by atoms with E-state index in [1.165, 1.54) is 11.1 Å². The first-order chi connectivity index (χ1) is 13.3. The molecule has 5 nitrogen and oxygen atoms in total. The molecule has 0 aliphatic rings. The molecule has 152 valence electrons. The summed E-state index contributed by atoms with van der Waals surface area (Å²) in [4.78, 5) is 12.2. The third-order valence-electron chi connectivity index (χ3n) is 3.98. The van der Waals surface area contributed by atoms with Gasteiger partial charge >= 0.3 is 0 Å². The largest absolute Gasteiger partial charge is 0.354 e. The monoisotopic (exact) mass is 440 g/mol. The lowest BCUT2D eigenvalue weighted by Gasteiger charge is -2.21. The molecule has 0 spiro atoms. The summed E-state index contributed by atoms with van der Waals surface area (Å²) in [5.41, 5.74) is 2.94. The topological polar surface area (TPSA) is 66.5 Å². The molecule has 0 radical (unpaired) electrons. The molecule has 0 aliphatic heterocycles. The number of nitrogens with one attached hydrogen (secondary N) is 1. The first-order valence-electron chi connectivity index (χ1n) is 8.89. The Morgan fingerprint density at radius 1 is 1.11 bits per heavy atom. The van der Waals surface area contributed by atoms with Gasteiger partial charge < -0.3 is 5.32 Å². The number of hydrogen-bond acceptors (Lipinski definition) is 4. The summed E-state index contributed by atoms with van der Waals surface area (Å²) in [5, 5.41) is 3.29. The van der Waals surface area contributed by atoms with Crippen molar-refractivity contribution < 1.29 is 13.2 Å². The van der Waals surface area contributed by atoms with Gasteiger partial charge in [0.2, 0.25) is 15.9 Å². The normalized spacial score (nSPS) is 11.2. The summed E-state index contributed by atoms with van der Waals surface area (Å²) in [6.45, 7) is 2.33. The van der Waals surface area contributed by atoms with Gasteiger partial charge in [-0.3, -0.25) is 9.10 Å². The number of amides is 1. The number of hydrogen-bond donors (Lipinski definition) is 1. The average Bonchev–Trinajstić information content (AvgIpc) is 2.64. The Labute approximate surface area is 176 Å². The molecular formula is C20H25ClN2O3S2. The highest BCUT2D eigenvalue weighted by molar-refractivity contribution is 7.98. The maximum Gasteiger partial charge on any atom is 0.240 e. The van der Waals surface area contributed by atoms with E-state index >= 15 is 0 Å². The van der Waals surface area contributed by atoms with Crippen LogP contribution in [-0.2, 0) is 20.6 Å². The molecule has 28 heavy (non-hydrogen) atoms. The van der Waals surface area contributed by atoms with Crippen LogP contribution >= 0.6 is 23.4 Å². The van der Waals surface area contributed by atoms with Crippen LogP contribution in [0.2, 0.25) is 5.02 Å². The van der Waals surface area contributed by atoms with E-state index in [-0.39, 0.29) is 12.5 Å². The number of carbonyl (C=O) groups is 1. The van der Waals surface area contributed by atoms with Crippen molar-refractivity contribution in [2.45, 2.75) is 19.1 Å². The van der Waals surface area contributed by atoms with Crippen molar-refractivity contribution in [1.82, 2.24) is 5.32 Å². The molecule has 0 saturated heterocycles. The third kappa shape index (κ3) is 7.73. The highest BCUT2D eigenvalue weighted by atomic mass is 35.5. The van der Waals surface area contributed by atoms with Crippen molar-refractivity contribution in [3.8, 4) is 0 Å². The lowest BCUT2D eigenvalue weighted by molar-refractivity contribution is -0.119. The molecular weight excluding hydrogens is 416 g/mol. The van der Waals surface area contributed by atoms with Gasteiger partial charge in [-0.05, 0) is 48.9 Å². The number of carbonyl (C=O) groups excluding carboxylic acids is 1. The van der Waals surface area contributed by atoms with Gasteiger partial charge in [-0.15, -0.1) is 0 Å². The second kappa shape index (κ2) is 10.7. The Hall–Kier alpha value is -1.70. The van der Waals surface area contributed by atoms with E-state index in [2.05, 4.69) is 36.5 Å². The van der Waals surface area contributed by atoms with Crippen LogP contribution in [0.25, 0.3) is 0 Å². The molecule has 1 N–H and O–H groups in total. The van der Waals surface area contributed by atoms with Gasteiger partial charge in [-0.2, -0.15) is 11.8 Å². The minimum atomic E-state index is -3.57. The zero-order chi connectivity index (χ0) is 20.6. The number of rotatable bonds is 10. The minimum Gasteiger partial charge on any atom is -0.354 e. The Morgan fingerprint density at radius 3 is 2.36 bits per heavy atom. The predicted octanol–water partition coefficient (Wildman–Crippen LogP) is 3.85. The first kappa shape index (κ1) is 22.6. The number of thioether (sulfide) groups is 1. The van der Waals surface area contributed by atoms with Gasteiger partial charge in [-0.25, -0.2) is 8.42 Å². The van der Waals surface area contributed by atoms with E-state index in [0.717, 1.165) is 28.5 Å². The fourth-order valence-corrected chi connectivity index (χ4v) is 4.37. The second-order valence-corrected chi connectivity index (χ2v) is 9.94. The van der Waals surface area contributed by atoms with Crippen molar-refractivity contribution in [1.29, 1.82) is 0 Å². The van der Waals surface area contributed by atoms with Gasteiger partial charge in [0.25, 0.3) is 0 Å². The van der Waals surface area contributed by atoms with Gasteiger partial charge in [0.15, 0.2) is 0 Å². The standard InChI is InChI=1S/C20H25ClN2O3S2/c1-16-4-6-17(7-5-16)15-27-13-3-12-22-20(24)14-23(28(2,25)26)19-10-8-18(21)9-11-19/h4-11H,3,12-15H2,1-2H3,(H,22,24). The Morgan fingerprint density at radius 2 is 1.75 bits per heavy atom. The van der Waals surface area contributed by atoms with Crippen molar-refractivity contribution in [2.24, 2.45) is 0 Å². The van der Waals surface area contributed by atoms with Crippen molar-refractivity contribution in [3.05, 3.63) is 64.7 Å². The van der Waals surface area contributed by atoms with Crippen LogP contribution in [0.15, 0.2) is 48.5 Å². The minimum absolute atomic E-state index is 0.253. The third-order valence-corrected chi connectivity index (χ3v) is 6.49. The summed E-state index contributed by atoms with van der Waals surface area (Å²) in [7, 11) is -3.57. The van der Waals surface area contributed by atoms with E-state index in [4.69, 9.17) is 11.6 Å². The van der Waals surface area contributed by atoms with Crippen LogP contribution in [0.5, 0.6) is 0 Å². The molecule has 0 bridgehead atoms. The van der Waals surface area contributed by atoms with E-state index in [0.29, 0.717) is 17.3 Å². The van der Waals surface area contributed by atoms with E-state index in [1.807, 2.05) is 11.8 Å². The number of anilines is 1. The molecule has 2 aromatic carbocycles. The molecule has 0 heterocycles. The number of benzene rings is 2. The van der Waals surface area contributed by atoms with E-state index in [9.17, 15) is 13.2 Å². The van der Waals surface area contributed by atoms with Crippen LogP contribution in [-0.4, -0.2) is 39.4 Å². The maximum atomic E-state index is 12.2. The van der Waals surface area contributed by atoms with Crippen LogP contribution in [0.1, 0.15) is 17.5 Å². The van der Waals surface area contributed by atoms with Gasteiger partial charge in [-0.1, -0.05) is 41.4 Å². The SMILES string of the molecule is Cc1ccc(CSCCCNC(=O)CN(c2ccc(Cl)cc2)S(C)(=O)=O)cc1. The molecule has 8 heteroatoms. The van der Waals surface area contributed by atoms with E-state index in [1.54, 1.807) is 24.3 Å². The molecule has 2 aromatic rings. The van der Waals surface area contributed by atoms with Crippen LogP contribution in [0, 0.1) is 6.92 Å². The van der Waals surface area contributed by atoms with Crippen molar-refractivity contribution in [3.63, 3.8) is 0 Å². The van der Waals surface area contributed by atoms with Crippen molar-refractivity contribution >= 4 is 45.0 Å². The summed E-state index contributed by atoms with van der Waals surface area (Å²) < 4.78 is 25.1. The van der Waals surface area contributed by atoms with Crippen LogP contribution < -0.4 is 9.62 Å². The van der Waals surface area contributed by atoms with E-state index < -0.39 is 10.0 Å². The summed E-state index contributed by atoms with van der Waals surface area (Å²) in [6.07, 6.45) is 1.90. The fourth-order valence-electron chi connectivity index (χ4n) is 2.47. The molecule has 0 atom stereocenters. The zero-order valence-electron chi connectivity index (χ0n) is 16.0. The van der Waals surface area contributed by atoms with Gasteiger partial charge in [0, 0.05) is 17.3 Å². The smallest absolute Gasteiger partial charge is 0.240 e. The number of aryl methyl sites for hydroxylation is 1. The van der Waals surface area contributed by atoms with Gasteiger partial charge in [0.05, 0.1) is 11.9 Å². The van der Waals surface area contributed by atoms with Crippen LogP contribution in [0.4, 0.5) is 5.69 Å². The van der Waals surface area contributed by atoms with Gasteiger partial charge in [0.1, 0.15) is 6.54 Å². The fraction of sp³-hybridized carbons (Fsp3) is 0.350. The molecule has 0 aliphatic carbocycles. The number of nitrogens with zero attached hydrogens (tertiary/aromatic N) is 1. The van der Waals surface area contributed by atoms with Crippen molar-refractivity contribution in [2.75, 3.05) is 29.4 Å². The molecule has 1 amide bonds. The highest BCUT2D eigenvalue weighted by Crippen LogP contribution is 2.20. The molecule has 0 saturated carbocycles. The van der Waals surface area contributed by atoms with Crippen LogP contribution in [0.3, 0.4) is 0 Å². The molecule has 0 aromatic heterocycles. The molecule has 2 rings (SSSR count). The Kier molecular flexibility index (Phi) is 8.66. The summed E-state index contributed by atoms with van der Waals surface area (Å²) >= 11 is 7.65. The zero-order valence-corrected chi connectivity index (χ0v) is 18.4.